The van der Waals surface area contributed by atoms with E-state index in [1.54, 1.807) is 0 Å². The lowest BCUT2D eigenvalue weighted by atomic mass is 9.97. The first-order valence-corrected chi connectivity index (χ1v) is 6.50. The third kappa shape index (κ3) is 5.53. The summed E-state index contributed by atoms with van der Waals surface area (Å²) in [5.74, 6) is 1.68. The van der Waals surface area contributed by atoms with E-state index in [9.17, 15) is 0 Å². The maximum absolute atomic E-state index is 3.68. The van der Waals surface area contributed by atoms with E-state index in [1.807, 2.05) is 0 Å². The van der Waals surface area contributed by atoms with Crippen molar-refractivity contribution in [2.75, 3.05) is 26.7 Å². The molecule has 15 heavy (non-hydrogen) atoms. The Labute approximate surface area is 95.4 Å². The highest BCUT2D eigenvalue weighted by Crippen LogP contribution is 2.14. The molecule has 0 aromatic carbocycles. The van der Waals surface area contributed by atoms with Crippen LogP contribution in [0.2, 0.25) is 0 Å². The number of hydrogen-bond acceptors (Lipinski definition) is 2. The van der Waals surface area contributed by atoms with Gasteiger partial charge in [-0.3, -0.25) is 0 Å². The number of nitrogens with one attached hydrogen (secondary N) is 1. The molecule has 0 amide bonds. The number of rotatable bonds is 5. The van der Waals surface area contributed by atoms with Crippen LogP contribution in [0.1, 0.15) is 40.0 Å². The molecule has 0 aromatic heterocycles. The van der Waals surface area contributed by atoms with Gasteiger partial charge in [0.15, 0.2) is 0 Å². The van der Waals surface area contributed by atoms with E-state index in [2.05, 4.69) is 38.0 Å². The minimum atomic E-state index is 0.678. The van der Waals surface area contributed by atoms with Crippen molar-refractivity contribution in [2.45, 2.75) is 46.1 Å². The third-order valence-electron chi connectivity index (χ3n) is 3.30. The molecule has 1 fully saturated rings. The van der Waals surface area contributed by atoms with E-state index < -0.39 is 0 Å². The van der Waals surface area contributed by atoms with E-state index >= 15 is 0 Å². The van der Waals surface area contributed by atoms with E-state index in [-0.39, 0.29) is 0 Å². The van der Waals surface area contributed by atoms with Gasteiger partial charge in [-0.2, -0.15) is 0 Å². The predicted molar refractivity (Wildman–Crippen MR) is 67.1 cm³/mol. The van der Waals surface area contributed by atoms with Crippen molar-refractivity contribution in [2.24, 2.45) is 11.8 Å². The second-order valence-electron chi connectivity index (χ2n) is 5.71. The van der Waals surface area contributed by atoms with Gasteiger partial charge in [0.05, 0.1) is 0 Å². The topological polar surface area (TPSA) is 15.3 Å². The zero-order valence-corrected chi connectivity index (χ0v) is 10.9. The Hall–Kier alpha value is -0.0800. The minimum absolute atomic E-state index is 0.678. The van der Waals surface area contributed by atoms with Gasteiger partial charge in [-0.1, -0.05) is 13.8 Å². The van der Waals surface area contributed by atoms with Gasteiger partial charge in [0.2, 0.25) is 0 Å². The molecule has 0 radical (unpaired) electrons. The standard InChI is InChI=1S/C13H28N2/c1-11(2)8-12(3)14-9-13-6-5-7-15(4)10-13/h11-14H,5-10H2,1-4H3. The summed E-state index contributed by atoms with van der Waals surface area (Å²) in [4.78, 5) is 2.46. The summed E-state index contributed by atoms with van der Waals surface area (Å²) in [5.41, 5.74) is 0. The lowest BCUT2D eigenvalue weighted by Crippen LogP contribution is -2.40. The molecule has 2 unspecified atom stereocenters. The van der Waals surface area contributed by atoms with Crippen LogP contribution in [0.5, 0.6) is 0 Å². The lowest BCUT2D eigenvalue weighted by molar-refractivity contribution is 0.202. The van der Waals surface area contributed by atoms with Gasteiger partial charge in [-0.25, -0.2) is 0 Å². The fourth-order valence-electron chi connectivity index (χ4n) is 2.60. The van der Waals surface area contributed by atoms with Crippen molar-refractivity contribution >= 4 is 0 Å². The van der Waals surface area contributed by atoms with Gasteiger partial charge in [-0.05, 0) is 58.2 Å². The summed E-state index contributed by atoms with van der Waals surface area (Å²) in [5, 5.41) is 3.68. The summed E-state index contributed by atoms with van der Waals surface area (Å²) in [7, 11) is 2.24. The Morgan fingerprint density at radius 2 is 2.07 bits per heavy atom. The smallest absolute Gasteiger partial charge is 0.00412 e. The quantitative estimate of drug-likeness (QED) is 0.752. The second-order valence-corrected chi connectivity index (χ2v) is 5.71. The molecular formula is C13H28N2. The Balaban J connectivity index is 2.13. The number of hydrogen-bond donors (Lipinski definition) is 1. The van der Waals surface area contributed by atoms with Crippen LogP contribution in [0.3, 0.4) is 0 Å². The van der Waals surface area contributed by atoms with E-state index in [4.69, 9.17) is 0 Å². The molecule has 1 N–H and O–H groups in total. The monoisotopic (exact) mass is 212 g/mol. The first-order valence-electron chi connectivity index (χ1n) is 6.50. The molecule has 0 aromatic rings. The summed E-state index contributed by atoms with van der Waals surface area (Å²) >= 11 is 0. The van der Waals surface area contributed by atoms with Crippen LogP contribution in [0.15, 0.2) is 0 Å². The van der Waals surface area contributed by atoms with Crippen LogP contribution in [-0.4, -0.2) is 37.6 Å². The summed E-state index contributed by atoms with van der Waals surface area (Å²) in [6.45, 7) is 10.7. The summed E-state index contributed by atoms with van der Waals surface area (Å²) in [6, 6.07) is 0.678. The molecule has 1 heterocycles. The first-order chi connectivity index (χ1) is 7.08. The van der Waals surface area contributed by atoms with Crippen molar-refractivity contribution in [1.29, 1.82) is 0 Å². The van der Waals surface area contributed by atoms with Crippen LogP contribution in [0.4, 0.5) is 0 Å². The van der Waals surface area contributed by atoms with E-state index in [1.165, 1.54) is 38.9 Å². The molecular weight excluding hydrogens is 184 g/mol. The van der Waals surface area contributed by atoms with Crippen LogP contribution >= 0.6 is 0 Å². The molecule has 90 valence electrons. The highest BCUT2D eigenvalue weighted by molar-refractivity contribution is 4.74. The van der Waals surface area contributed by atoms with Crippen LogP contribution < -0.4 is 5.32 Å². The third-order valence-corrected chi connectivity index (χ3v) is 3.30. The summed E-state index contributed by atoms with van der Waals surface area (Å²) < 4.78 is 0. The Morgan fingerprint density at radius 1 is 1.33 bits per heavy atom. The molecule has 1 aliphatic heterocycles. The van der Waals surface area contributed by atoms with E-state index in [0.29, 0.717) is 6.04 Å². The van der Waals surface area contributed by atoms with Crippen molar-refractivity contribution < 1.29 is 0 Å². The highest BCUT2D eigenvalue weighted by atomic mass is 15.1. The lowest BCUT2D eigenvalue weighted by Gasteiger charge is -2.30. The van der Waals surface area contributed by atoms with Crippen LogP contribution in [0, 0.1) is 11.8 Å². The first kappa shape index (κ1) is 13.0. The summed E-state index contributed by atoms with van der Waals surface area (Å²) in [6.07, 6.45) is 4.08. The van der Waals surface area contributed by atoms with Gasteiger partial charge in [-0.15, -0.1) is 0 Å². The van der Waals surface area contributed by atoms with Gasteiger partial charge < -0.3 is 10.2 Å². The zero-order valence-electron chi connectivity index (χ0n) is 10.9. The van der Waals surface area contributed by atoms with Crippen molar-refractivity contribution in [3.63, 3.8) is 0 Å². The molecule has 1 saturated heterocycles. The van der Waals surface area contributed by atoms with Gasteiger partial charge in [0.25, 0.3) is 0 Å². The maximum Gasteiger partial charge on any atom is 0.00412 e. The molecule has 2 atom stereocenters. The molecule has 1 aliphatic rings. The van der Waals surface area contributed by atoms with Crippen molar-refractivity contribution in [1.82, 2.24) is 10.2 Å². The number of piperidine rings is 1. The van der Waals surface area contributed by atoms with E-state index in [0.717, 1.165) is 11.8 Å². The van der Waals surface area contributed by atoms with Gasteiger partial charge in [0, 0.05) is 12.6 Å². The number of nitrogens with zero attached hydrogens (tertiary/aromatic N) is 1. The predicted octanol–water partition coefficient (Wildman–Crippen LogP) is 2.35. The zero-order chi connectivity index (χ0) is 11.3. The van der Waals surface area contributed by atoms with Crippen LogP contribution in [-0.2, 0) is 0 Å². The molecule has 0 spiro atoms. The second kappa shape index (κ2) is 6.49. The SMILES string of the molecule is CC(C)CC(C)NCC1CCCN(C)C1. The average molecular weight is 212 g/mol. The Bertz CT molecular complexity index is 168. The fraction of sp³-hybridized carbons (Fsp3) is 1.00. The van der Waals surface area contributed by atoms with Crippen molar-refractivity contribution in [3.8, 4) is 0 Å². The van der Waals surface area contributed by atoms with Crippen LogP contribution in [0.25, 0.3) is 0 Å². The average Bonchev–Trinajstić information content (AvgIpc) is 2.14. The molecule has 2 nitrogen and oxygen atoms in total. The Morgan fingerprint density at radius 3 is 2.67 bits per heavy atom. The highest BCUT2D eigenvalue weighted by Gasteiger charge is 2.17. The normalized spacial score (nSPS) is 25.8. The minimum Gasteiger partial charge on any atom is -0.314 e. The largest absolute Gasteiger partial charge is 0.314 e. The van der Waals surface area contributed by atoms with Gasteiger partial charge >= 0.3 is 0 Å². The molecule has 2 heteroatoms. The maximum atomic E-state index is 3.68. The fourth-order valence-corrected chi connectivity index (χ4v) is 2.60. The molecule has 0 saturated carbocycles. The number of likely N-dealkylation sites (tertiary alicyclic amines) is 1. The van der Waals surface area contributed by atoms with Crippen molar-refractivity contribution in [3.05, 3.63) is 0 Å². The molecule has 1 rings (SSSR count). The van der Waals surface area contributed by atoms with Gasteiger partial charge in [0.1, 0.15) is 0 Å². The Kier molecular flexibility index (Phi) is 5.62. The molecule has 0 bridgehead atoms. The molecule has 0 aliphatic carbocycles.